The molecule has 3 aromatic heterocycles. The van der Waals surface area contributed by atoms with Gasteiger partial charge < -0.3 is 9.15 Å². The molecule has 0 aliphatic carbocycles. The molecule has 0 bridgehead atoms. The van der Waals surface area contributed by atoms with Gasteiger partial charge >= 0.3 is 5.97 Å². The summed E-state index contributed by atoms with van der Waals surface area (Å²) in [4.78, 5) is 24.2. The predicted molar refractivity (Wildman–Crippen MR) is 86.5 cm³/mol. The number of fused-ring (bicyclic) bond motifs is 1. The summed E-state index contributed by atoms with van der Waals surface area (Å²) < 4.78 is 25.0. The molecule has 8 nitrogen and oxygen atoms in total. The van der Waals surface area contributed by atoms with Gasteiger partial charge in [-0.15, -0.1) is 5.10 Å². The number of rotatable bonds is 4. The first-order valence-electron chi connectivity index (χ1n) is 7.66. The summed E-state index contributed by atoms with van der Waals surface area (Å²) in [6, 6.07) is 7.54. The molecule has 4 aromatic rings. The number of nitrogens with zero attached hydrogens (tertiary/aromatic N) is 5. The molecular formula is C17H12FN5O3. The van der Waals surface area contributed by atoms with Gasteiger partial charge in [-0.25, -0.2) is 23.7 Å². The Morgan fingerprint density at radius 3 is 2.81 bits per heavy atom. The van der Waals surface area contributed by atoms with Gasteiger partial charge in [0.15, 0.2) is 12.4 Å². The number of benzene rings is 1. The maximum Gasteiger partial charge on any atom is 0.378 e. The van der Waals surface area contributed by atoms with Crippen LogP contribution >= 0.6 is 0 Å². The van der Waals surface area contributed by atoms with Crippen LogP contribution in [0, 0.1) is 12.7 Å². The maximum atomic E-state index is 13.0. The third-order valence-electron chi connectivity index (χ3n) is 3.62. The highest BCUT2D eigenvalue weighted by molar-refractivity contribution is 5.85. The van der Waals surface area contributed by atoms with Crippen molar-refractivity contribution in [1.82, 2.24) is 24.6 Å². The Balaban J connectivity index is 1.46. The van der Waals surface area contributed by atoms with E-state index in [0.717, 1.165) is 5.69 Å². The fraction of sp³-hybridized carbons (Fsp3) is 0.118. The van der Waals surface area contributed by atoms with Crippen LogP contribution in [0.5, 0.6) is 0 Å². The number of aryl methyl sites for hydroxylation is 1. The second-order valence-electron chi connectivity index (χ2n) is 5.43. The van der Waals surface area contributed by atoms with Crippen LogP contribution in [0.15, 0.2) is 47.1 Å². The van der Waals surface area contributed by atoms with E-state index in [1.54, 1.807) is 24.4 Å². The summed E-state index contributed by atoms with van der Waals surface area (Å²) in [5, 5.41) is 4.07. The molecule has 0 fully saturated rings. The molecule has 0 spiro atoms. The molecule has 0 amide bonds. The smallest absolute Gasteiger partial charge is 0.378 e. The molecule has 0 saturated carbocycles. The average Bonchev–Trinajstić information content (AvgIpc) is 3.28. The third kappa shape index (κ3) is 3.02. The highest BCUT2D eigenvalue weighted by Crippen LogP contribution is 2.21. The van der Waals surface area contributed by atoms with Gasteiger partial charge in [-0.3, -0.25) is 0 Å². The van der Waals surface area contributed by atoms with Gasteiger partial charge in [0.2, 0.25) is 5.89 Å². The summed E-state index contributed by atoms with van der Waals surface area (Å²) in [5.74, 6) is -0.190. The van der Waals surface area contributed by atoms with Gasteiger partial charge in [-0.05, 0) is 37.3 Å². The van der Waals surface area contributed by atoms with E-state index in [2.05, 4.69) is 20.1 Å². The number of hydrogen-bond acceptors (Lipinski definition) is 7. The zero-order chi connectivity index (χ0) is 18.1. The molecule has 26 heavy (non-hydrogen) atoms. The number of ether oxygens (including phenoxy) is 1. The molecule has 9 heteroatoms. The van der Waals surface area contributed by atoms with E-state index in [1.165, 1.54) is 22.8 Å². The molecule has 0 atom stereocenters. The van der Waals surface area contributed by atoms with Crippen LogP contribution in [0.1, 0.15) is 22.2 Å². The average molecular weight is 353 g/mol. The molecular weight excluding hydrogens is 341 g/mol. The molecule has 0 aliphatic rings. The Hall–Kier alpha value is -3.62. The summed E-state index contributed by atoms with van der Waals surface area (Å²) in [6.45, 7) is 1.64. The first-order chi connectivity index (χ1) is 12.6. The Labute approximate surface area is 146 Å². The molecule has 1 aromatic carbocycles. The topological polar surface area (TPSA) is 95.4 Å². The first-order valence-corrected chi connectivity index (χ1v) is 7.66. The molecule has 0 N–H and O–H groups in total. The van der Waals surface area contributed by atoms with Crippen LogP contribution in [-0.2, 0) is 11.3 Å². The van der Waals surface area contributed by atoms with E-state index >= 15 is 0 Å². The van der Waals surface area contributed by atoms with E-state index in [-0.39, 0.29) is 24.1 Å². The molecule has 3 heterocycles. The molecule has 130 valence electrons. The van der Waals surface area contributed by atoms with Crippen LogP contribution in [0.25, 0.3) is 17.1 Å². The summed E-state index contributed by atoms with van der Waals surface area (Å²) in [6.07, 6.45) is 3.06. The van der Waals surface area contributed by atoms with Crippen molar-refractivity contribution in [2.75, 3.05) is 0 Å². The largest absolute Gasteiger partial charge is 0.450 e. The van der Waals surface area contributed by atoms with Crippen molar-refractivity contribution in [2.45, 2.75) is 13.5 Å². The molecule has 0 aliphatic heterocycles. The summed E-state index contributed by atoms with van der Waals surface area (Å²) in [5.41, 5.74) is 1.46. The normalized spacial score (nSPS) is 11.0. The third-order valence-corrected chi connectivity index (χ3v) is 3.62. The number of carbonyl (C=O) groups excluding carboxylic acids is 1. The fourth-order valence-corrected chi connectivity index (χ4v) is 2.31. The zero-order valence-electron chi connectivity index (χ0n) is 13.6. The van der Waals surface area contributed by atoms with Crippen LogP contribution in [0.4, 0.5) is 4.39 Å². The minimum atomic E-state index is -0.712. The van der Waals surface area contributed by atoms with Gasteiger partial charge in [-0.2, -0.15) is 4.98 Å². The standard InChI is InChI=1S/C17H12FN5O3/c1-10-6-7-19-17-21-15(22-23(10)17)16(24)25-9-14-20-8-13(26-14)11-2-4-12(18)5-3-11/h2-8H,9H2,1H3. The highest BCUT2D eigenvalue weighted by Gasteiger charge is 2.17. The number of halogens is 1. The van der Waals surface area contributed by atoms with E-state index in [4.69, 9.17) is 9.15 Å². The lowest BCUT2D eigenvalue weighted by Crippen LogP contribution is -2.08. The van der Waals surface area contributed by atoms with Crippen LogP contribution in [-0.4, -0.2) is 30.5 Å². The van der Waals surface area contributed by atoms with Crippen molar-refractivity contribution in [3.8, 4) is 11.3 Å². The van der Waals surface area contributed by atoms with Crippen LogP contribution in [0.3, 0.4) is 0 Å². The Bertz CT molecular complexity index is 1090. The van der Waals surface area contributed by atoms with Crippen molar-refractivity contribution in [1.29, 1.82) is 0 Å². The molecule has 0 radical (unpaired) electrons. The van der Waals surface area contributed by atoms with Crippen molar-refractivity contribution in [3.63, 3.8) is 0 Å². The van der Waals surface area contributed by atoms with Gasteiger partial charge in [0, 0.05) is 17.5 Å². The zero-order valence-corrected chi connectivity index (χ0v) is 13.6. The lowest BCUT2D eigenvalue weighted by Gasteiger charge is -1.98. The lowest BCUT2D eigenvalue weighted by molar-refractivity contribution is 0.0425. The van der Waals surface area contributed by atoms with Gasteiger partial charge in [0.25, 0.3) is 11.6 Å². The Morgan fingerprint density at radius 1 is 1.23 bits per heavy atom. The maximum absolute atomic E-state index is 13.0. The number of esters is 1. The lowest BCUT2D eigenvalue weighted by atomic mass is 10.2. The minimum absolute atomic E-state index is 0.0999. The first kappa shape index (κ1) is 15.9. The quantitative estimate of drug-likeness (QED) is 0.520. The van der Waals surface area contributed by atoms with Crippen molar-refractivity contribution >= 4 is 11.7 Å². The van der Waals surface area contributed by atoms with E-state index in [9.17, 15) is 9.18 Å². The van der Waals surface area contributed by atoms with Crippen molar-refractivity contribution in [3.05, 3.63) is 66.0 Å². The number of hydrogen-bond donors (Lipinski definition) is 0. The fourth-order valence-electron chi connectivity index (χ4n) is 2.31. The second-order valence-corrected chi connectivity index (χ2v) is 5.43. The Kier molecular flexibility index (Phi) is 3.88. The molecule has 0 saturated heterocycles. The van der Waals surface area contributed by atoms with Crippen molar-refractivity contribution in [2.24, 2.45) is 0 Å². The number of oxazole rings is 1. The van der Waals surface area contributed by atoms with E-state index in [0.29, 0.717) is 17.1 Å². The van der Waals surface area contributed by atoms with Crippen LogP contribution < -0.4 is 0 Å². The number of carbonyl (C=O) groups is 1. The van der Waals surface area contributed by atoms with Crippen molar-refractivity contribution < 1.29 is 18.3 Å². The summed E-state index contributed by atoms with van der Waals surface area (Å²) in [7, 11) is 0. The van der Waals surface area contributed by atoms with E-state index in [1.807, 2.05) is 6.92 Å². The van der Waals surface area contributed by atoms with Gasteiger partial charge in [0.1, 0.15) is 5.82 Å². The van der Waals surface area contributed by atoms with Gasteiger partial charge in [-0.1, -0.05) is 0 Å². The van der Waals surface area contributed by atoms with Gasteiger partial charge in [0.05, 0.1) is 6.20 Å². The predicted octanol–water partition coefficient (Wildman–Crippen LogP) is 2.58. The monoisotopic (exact) mass is 353 g/mol. The van der Waals surface area contributed by atoms with E-state index < -0.39 is 5.97 Å². The minimum Gasteiger partial charge on any atom is -0.450 e. The highest BCUT2D eigenvalue weighted by atomic mass is 19.1. The molecule has 0 unspecified atom stereocenters. The SMILES string of the molecule is Cc1ccnc2nc(C(=O)OCc3ncc(-c4ccc(F)cc4)o3)nn12. The Morgan fingerprint density at radius 2 is 2.04 bits per heavy atom. The number of aromatic nitrogens is 5. The summed E-state index contributed by atoms with van der Waals surface area (Å²) >= 11 is 0. The second kappa shape index (κ2) is 6.36. The van der Waals surface area contributed by atoms with Crippen LogP contribution in [0.2, 0.25) is 0 Å². The molecule has 4 rings (SSSR count).